The molecule has 0 bridgehead atoms. The average molecular weight is 342 g/mol. The lowest BCUT2D eigenvalue weighted by Gasteiger charge is -2.27. The van der Waals surface area contributed by atoms with Crippen LogP contribution in [0.25, 0.3) is 0 Å². The van der Waals surface area contributed by atoms with E-state index in [1.165, 1.54) is 5.56 Å². The summed E-state index contributed by atoms with van der Waals surface area (Å²) < 4.78 is 13.2. The standard InChI is InChI=1S/C16H24BrNO2/c1-15(2)10-14(16(3,4)20-15)19-13-6-5-11(7-8-18)9-12(13)17/h5-6,9,14H,7-8,10,18H2,1-4H3. The highest BCUT2D eigenvalue weighted by atomic mass is 79.9. The molecule has 1 aromatic rings. The molecular formula is C16H24BrNO2. The minimum absolute atomic E-state index is 0.0501. The summed E-state index contributed by atoms with van der Waals surface area (Å²) in [5.74, 6) is 0.866. The van der Waals surface area contributed by atoms with Crippen molar-refractivity contribution in [3.05, 3.63) is 28.2 Å². The predicted molar refractivity (Wildman–Crippen MR) is 85.2 cm³/mol. The fourth-order valence-electron chi connectivity index (χ4n) is 2.81. The van der Waals surface area contributed by atoms with E-state index in [1.807, 2.05) is 6.07 Å². The summed E-state index contributed by atoms with van der Waals surface area (Å²) in [7, 11) is 0. The number of hydrogen-bond acceptors (Lipinski definition) is 3. The first kappa shape index (κ1) is 15.8. The SMILES string of the molecule is CC1(C)CC(Oc2ccc(CCN)cc2Br)C(C)(C)O1. The van der Waals surface area contributed by atoms with E-state index in [1.54, 1.807) is 0 Å². The van der Waals surface area contributed by atoms with Gasteiger partial charge in [0.05, 0.1) is 10.1 Å². The first-order valence-electron chi connectivity index (χ1n) is 7.09. The number of rotatable bonds is 4. The zero-order chi connectivity index (χ0) is 15.0. The molecule has 1 aliphatic heterocycles. The van der Waals surface area contributed by atoms with Crippen LogP contribution in [0, 0.1) is 0 Å². The second-order valence-corrected chi connectivity index (χ2v) is 7.43. The van der Waals surface area contributed by atoms with Crippen LogP contribution in [0.3, 0.4) is 0 Å². The van der Waals surface area contributed by atoms with Gasteiger partial charge < -0.3 is 15.2 Å². The first-order chi connectivity index (χ1) is 9.23. The Labute approximate surface area is 130 Å². The van der Waals surface area contributed by atoms with Gasteiger partial charge in [0.15, 0.2) is 0 Å². The molecule has 2 N–H and O–H groups in total. The van der Waals surface area contributed by atoms with Crippen molar-refractivity contribution in [3.8, 4) is 5.75 Å². The molecule has 0 saturated carbocycles. The molecule has 1 aromatic carbocycles. The number of hydrogen-bond donors (Lipinski definition) is 1. The lowest BCUT2D eigenvalue weighted by Crippen LogP contribution is -2.36. The van der Waals surface area contributed by atoms with Crippen molar-refractivity contribution in [1.29, 1.82) is 0 Å². The van der Waals surface area contributed by atoms with E-state index in [-0.39, 0.29) is 17.3 Å². The zero-order valence-corrected chi connectivity index (χ0v) is 14.3. The summed E-state index contributed by atoms with van der Waals surface area (Å²) in [4.78, 5) is 0. The molecule has 0 aromatic heterocycles. The lowest BCUT2D eigenvalue weighted by atomic mass is 9.97. The number of ether oxygens (including phenoxy) is 2. The van der Waals surface area contributed by atoms with Crippen molar-refractivity contribution >= 4 is 15.9 Å². The van der Waals surface area contributed by atoms with Crippen LogP contribution in [0.4, 0.5) is 0 Å². The van der Waals surface area contributed by atoms with Gasteiger partial charge in [-0.1, -0.05) is 6.07 Å². The summed E-state index contributed by atoms with van der Waals surface area (Å²) in [6.45, 7) is 9.05. The number of nitrogens with two attached hydrogens (primary N) is 1. The Balaban J connectivity index is 2.14. The van der Waals surface area contributed by atoms with E-state index in [2.05, 4.69) is 55.8 Å². The van der Waals surface area contributed by atoms with Crippen LogP contribution in [-0.4, -0.2) is 23.9 Å². The zero-order valence-electron chi connectivity index (χ0n) is 12.7. The highest BCUT2D eigenvalue weighted by Crippen LogP contribution is 2.40. The maximum atomic E-state index is 6.19. The van der Waals surface area contributed by atoms with E-state index in [0.717, 1.165) is 23.1 Å². The van der Waals surface area contributed by atoms with Crippen LogP contribution >= 0.6 is 15.9 Å². The van der Waals surface area contributed by atoms with E-state index in [0.29, 0.717) is 6.54 Å². The van der Waals surface area contributed by atoms with Gasteiger partial charge in [-0.25, -0.2) is 0 Å². The molecule has 0 spiro atoms. The van der Waals surface area contributed by atoms with Gasteiger partial charge in [0.25, 0.3) is 0 Å². The van der Waals surface area contributed by atoms with Crippen LogP contribution in [0.1, 0.15) is 39.7 Å². The highest BCUT2D eigenvalue weighted by Gasteiger charge is 2.47. The van der Waals surface area contributed by atoms with E-state index in [4.69, 9.17) is 15.2 Å². The molecule has 20 heavy (non-hydrogen) atoms. The van der Waals surface area contributed by atoms with Crippen LogP contribution in [0.5, 0.6) is 5.75 Å². The topological polar surface area (TPSA) is 44.5 Å². The van der Waals surface area contributed by atoms with E-state index < -0.39 is 0 Å². The van der Waals surface area contributed by atoms with Gasteiger partial charge in [-0.15, -0.1) is 0 Å². The van der Waals surface area contributed by atoms with Crippen molar-refractivity contribution in [3.63, 3.8) is 0 Å². The van der Waals surface area contributed by atoms with E-state index >= 15 is 0 Å². The summed E-state index contributed by atoms with van der Waals surface area (Å²) >= 11 is 3.58. The molecular weight excluding hydrogens is 318 g/mol. The van der Waals surface area contributed by atoms with Gasteiger partial charge in [0, 0.05) is 6.42 Å². The largest absolute Gasteiger partial charge is 0.486 e. The van der Waals surface area contributed by atoms with Crippen LogP contribution in [0.2, 0.25) is 0 Å². The maximum absolute atomic E-state index is 6.19. The van der Waals surface area contributed by atoms with Crippen LogP contribution in [0.15, 0.2) is 22.7 Å². The van der Waals surface area contributed by atoms with Crippen molar-refractivity contribution in [1.82, 2.24) is 0 Å². The summed E-state index contributed by atoms with van der Waals surface area (Å²) in [5.41, 5.74) is 6.38. The Morgan fingerprint density at radius 1 is 1.35 bits per heavy atom. The first-order valence-corrected chi connectivity index (χ1v) is 7.88. The Morgan fingerprint density at radius 3 is 2.55 bits per heavy atom. The molecule has 0 amide bonds. The smallest absolute Gasteiger partial charge is 0.134 e. The minimum atomic E-state index is -0.279. The third-order valence-electron chi connectivity index (χ3n) is 3.69. The molecule has 0 radical (unpaired) electrons. The van der Waals surface area contributed by atoms with Gasteiger partial charge in [-0.3, -0.25) is 0 Å². The molecule has 4 heteroatoms. The molecule has 1 unspecified atom stereocenters. The fourth-order valence-corrected chi connectivity index (χ4v) is 3.33. The number of halogens is 1. The van der Waals surface area contributed by atoms with Crippen LogP contribution in [-0.2, 0) is 11.2 Å². The van der Waals surface area contributed by atoms with Gasteiger partial charge in [0.2, 0.25) is 0 Å². The fraction of sp³-hybridized carbons (Fsp3) is 0.625. The Bertz CT molecular complexity index is 485. The summed E-state index contributed by atoms with van der Waals surface area (Å²) in [6.07, 6.45) is 1.81. The summed E-state index contributed by atoms with van der Waals surface area (Å²) in [5, 5.41) is 0. The molecule has 0 aliphatic carbocycles. The molecule has 3 nitrogen and oxygen atoms in total. The third kappa shape index (κ3) is 3.54. The monoisotopic (exact) mass is 341 g/mol. The summed E-state index contributed by atoms with van der Waals surface area (Å²) in [6, 6.07) is 6.16. The molecule has 2 rings (SSSR count). The van der Waals surface area contributed by atoms with Gasteiger partial charge in [-0.2, -0.15) is 0 Å². The highest BCUT2D eigenvalue weighted by molar-refractivity contribution is 9.10. The van der Waals surface area contributed by atoms with E-state index in [9.17, 15) is 0 Å². The molecule has 1 atom stereocenters. The Morgan fingerprint density at radius 2 is 2.05 bits per heavy atom. The van der Waals surface area contributed by atoms with Crippen LogP contribution < -0.4 is 10.5 Å². The minimum Gasteiger partial charge on any atom is -0.486 e. The second kappa shape index (κ2) is 5.66. The average Bonchev–Trinajstić information content (AvgIpc) is 2.51. The molecule has 1 aliphatic rings. The third-order valence-corrected chi connectivity index (χ3v) is 4.31. The second-order valence-electron chi connectivity index (χ2n) is 6.58. The lowest BCUT2D eigenvalue weighted by molar-refractivity contribution is -0.0846. The molecule has 112 valence electrons. The Hall–Kier alpha value is -0.580. The quantitative estimate of drug-likeness (QED) is 0.908. The van der Waals surface area contributed by atoms with Crippen molar-refractivity contribution in [2.45, 2.75) is 57.8 Å². The molecule has 1 saturated heterocycles. The van der Waals surface area contributed by atoms with Crippen molar-refractivity contribution in [2.24, 2.45) is 5.73 Å². The molecule has 1 fully saturated rings. The normalized spacial score (nSPS) is 23.8. The predicted octanol–water partition coefficient (Wildman–Crippen LogP) is 3.68. The van der Waals surface area contributed by atoms with Gasteiger partial charge in [-0.05, 0) is 74.3 Å². The van der Waals surface area contributed by atoms with Gasteiger partial charge >= 0.3 is 0 Å². The maximum Gasteiger partial charge on any atom is 0.134 e. The van der Waals surface area contributed by atoms with Crippen molar-refractivity contribution < 1.29 is 9.47 Å². The number of benzene rings is 1. The van der Waals surface area contributed by atoms with Crippen molar-refractivity contribution in [2.75, 3.05) is 6.54 Å². The van der Waals surface area contributed by atoms with Gasteiger partial charge in [0.1, 0.15) is 17.5 Å². The molecule has 1 heterocycles. The Kier molecular flexibility index (Phi) is 4.47.